The van der Waals surface area contributed by atoms with Gasteiger partial charge in [-0.2, -0.15) is 0 Å². The number of benzene rings is 1. The summed E-state index contributed by atoms with van der Waals surface area (Å²) in [6.45, 7) is 0.430. The van der Waals surface area contributed by atoms with Crippen molar-refractivity contribution in [2.75, 3.05) is 0 Å². The molecule has 5 heteroatoms. The van der Waals surface area contributed by atoms with Gasteiger partial charge in [-0.25, -0.2) is 0 Å². The van der Waals surface area contributed by atoms with Gasteiger partial charge in [0.2, 0.25) is 0 Å². The van der Waals surface area contributed by atoms with Crippen LogP contribution in [-0.4, -0.2) is 22.8 Å². The number of nitrogens with zero attached hydrogens (tertiary/aromatic N) is 1. The minimum atomic E-state index is -0.287. The molecule has 1 heterocycles. The highest BCUT2D eigenvalue weighted by Gasteiger charge is 2.24. The lowest BCUT2D eigenvalue weighted by Gasteiger charge is -2.07. The number of amides is 2. The molecule has 2 N–H and O–H groups in total. The van der Waals surface area contributed by atoms with Crippen LogP contribution in [0.15, 0.2) is 48.7 Å². The lowest BCUT2D eigenvalue weighted by molar-refractivity contribution is 0.0946. The van der Waals surface area contributed by atoms with Crippen LogP contribution in [0.1, 0.15) is 39.3 Å². The number of carbonyl (C=O) groups excluding carboxylic acids is 2. The Kier molecular flexibility index (Phi) is 4.14. The average molecular weight is 295 g/mol. The second kappa shape index (κ2) is 6.39. The predicted octanol–water partition coefficient (Wildman–Crippen LogP) is 1.90. The van der Waals surface area contributed by atoms with Gasteiger partial charge in [0, 0.05) is 24.3 Å². The Labute approximate surface area is 128 Å². The van der Waals surface area contributed by atoms with E-state index in [0.717, 1.165) is 18.4 Å². The van der Waals surface area contributed by atoms with E-state index in [1.807, 2.05) is 30.3 Å². The van der Waals surface area contributed by atoms with E-state index < -0.39 is 0 Å². The van der Waals surface area contributed by atoms with E-state index in [0.29, 0.717) is 12.1 Å². The van der Waals surface area contributed by atoms with Crippen molar-refractivity contribution in [1.82, 2.24) is 15.6 Å². The van der Waals surface area contributed by atoms with Gasteiger partial charge in [-0.15, -0.1) is 0 Å². The van der Waals surface area contributed by atoms with Gasteiger partial charge in [-0.1, -0.05) is 30.3 Å². The largest absolute Gasteiger partial charge is 0.349 e. The van der Waals surface area contributed by atoms with Crippen molar-refractivity contribution in [1.29, 1.82) is 0 Å². The van der Waals surface area contributed by atoms with E-state index in [9.17, 15) is 9.59 Å². The van der Waals surface area contributed by atoms with Gasteiger partial charge in [-0.05, 0) is 30.5 Å². The fourth-order valence-corrected chi connectivity index (χ4v) is 2.06. The Morgan fingerprint density at radius 2 is 1.86 bits per heavy atom. The van der Waals surface area contributed by atoms with E-state index in [1.54, 1.807) is 6.07 Å². The summed E-state index contributed by atoms with van der Waals surface area (Å²) in [4.78, 5) is 28.1. The highest BCUT2D eigenvalue weighted by Crippen LogP contribution is 2.19. The van der Waals surface area contributed by atoms with Gasteiger partial charge < -0.3 is 10.6 Å². The first-order chi connectivity index (χ1) is 10.7. The normalized spacial score (nSPS) is 13.5. The summed E-state index contributed by atoms with van der Waals surface area (Å²) in [5.41, 5.74) is 1.73. The maximum atomic E-state index is 12.1. The molecule has 0 aliphatic heterocycles. The molecule has 1 aliphatic rings. The van der Waals surface area contributed by atoms with Crippen LogP contribution in [0, 0.1) is 0 Å². The van der Waals surface area contributed by atoms with Crippen molar-refractivity contribution >= 4 is 11.8 Å². The van der Waals surface area contributed by atoms with Gasteiger partial charge >= 0.3 is 0 Å². The number of carbonyl (C=O) groups is 2. The third-order valence-electron chi connectivity index (χ3n) is 3.46. The minimum Gasteiger partial charge on any atom is -0.349 e. The topological polar surface area (TPSA) is 71.1 Å². The summed E-state index contributed by atoms with van der Waals surface area (Å²) in [6.07, 6.45) is 3.54. The summed E-state index contributed by atoms with van der Waals surface area (Å²) in [6, 6.07) is 13.1. The molecule has 1 saturated carbocycles. The van der Waals surface area contributed by atoms with Crippen LogP contribution in [0.25, 0.3) is 0 Å². The molecule has 1 fully saturated rings. The van der Waals surface area contributed by atoms with Gasteiger partial charge in [-0.3, -0.25) is 14.6 Å². The van der Waals surface area contributed by atoms with Crippen LogP contribution in [0.2, 0.25) is 0 Å². The summed E-state index contributed by atoms with van der Waals surface area (Å²) < 4.78 is 0. The summed E-state index contributed by atoms with van der Waals surface area (Å²) in [5.74, 6) is -0.438. The lowest BCUT2D eigenvalue weighted by Crippen LogP contribution is -2.27. The van der Waals surface area contributed by atoms with Crippen LogP contribution in [0.4, 0.5) is 0 Å². The van der Waals surface area contributed by atoms with Gasteiger partial charge in [0.25, 0.3) is 11.8 Å². The number of hydrogen-bond acceptors (Lipinski definition) is 3. The van der Waals surface area contributed by atoms with E-state index in [1.165, 1.54) is 12.3 Å². The zero-order valence-electron chi connectivity index (χ0n) is 12.1. The molecule has 0 spiro atoms. The molecule has 2 amide bonds. The van der Waals surface area contributed by atoms with Gasteiger partial charge in [0.15, 0.2) is 0 Å². The highest BCUT2D eigenvalue weighted by atomic mass is 16.2. The molecular formula is C17H17N3O2. The molecule has 0 unspecified atom stereocenters. The molecule has 3 rings (SSSR count). The molecule has 112 valence electrons. The maximum absolute atomic E-state index is 12.1. The van der Waals surface area contributed by atoms with Crippen molar-refractivity contribution < 1.29 is 9.59 Å². The first-order valence-electron chi connectivity index (χ1n) is 7.31. The van der Waals surface area contributed by atoms with Crippen molar-refractivity contribution in [2.45, 2.75) is 25.4 Å². The molecule has 0 atom stereocenters. The smallest absolute Gasteiger partial charge is 0.270 e. The lowest BCUT2D eigenvalue weighted by atomic mass is 10.2. The second-order valence-corrected chi connectivity index (χ2v) is 5.35. The van der Waals surface area contributed by atoms with Crippen LogP contribution < -0.4 is 10.6 Å². The first-order valence-corrected chi connectivity index (χ1v) is 7.31. The number of aromatic nitrogens is 1. The summed E-state index contributed by atoms with van der Waals surface area (Å²) in [5, 5.41) is 5.70. The molecule has 5 nitrogen and oxygen atoms in total. The standard InChI is InChI=1S/C17H17N3O2/c21-16(20-14-6-7-14)13-8-9-18-15(10-13)17(22)19-11-12-4-2-1-3-5-12/h1-5,8-10,14H,6-7,11H2,(H,19,22)(H,20,21). The summed E-state index contributed by atoms with van der Waals surface area (Å²) in [7, 11) is 0. The Hall–Kier alpha value is -2.69. The van der Waals surface area contributed by atoms with E-state index in [2.05, 4.69) is 15.6 Å². The molecular weight excluding hydrogens is 278 g/mol. The van der Waals surface area contributed by atoms with Crippen molar-refractivity contribution in [2.24, 2.45) is 0 Å². The predicted molar refractivity (Wildman–Crippen MR) is 82.3 cm³/mol. The monoisotopic (exact) mass is 295 g/mol. The average Bonchev–Trinajstić information content (AvgIpc) is 3.37. The fourth-order valence-electron chi connectivity index (χ4n) is 2.06. The van der Waals surface area contributed by atoms with Crippen LogP contribution in [0.3, 0.4) is 0 Å². The van der Waals surface area contributed by atoms with Crippen LogP contribution in [-0.2, 0) is 6.54 Å². The zero-order chi connectivity index (χ0) is 15.4. The Morgan fingerprint density at radius 3 is 2.59 bits per heavy atom. The molecule has 0 bridgehead atoms. The maximum Gasteiger partial charge on any atom is 0.270 e. The van der Waals surface area contributed by atoms with Crippen molar-refractivity contribution in [3.8, 4) is 0 Å². The third-order valence-corrected chi connectivity index (χ3v) is 3.46. The third kappa shape index (κ3) is 3.69. The number of pyridine rings is 1. The molecule has 2 aromatic rings. The summed E-state index contributed by atoms with van der Waals surface area (Å²) >= 11 is 0. The SMILES string of the molecule is O=C(NC1CC1)c1ccnc(C(=O)NCc2ccccc2)c1. The molecule has 22 heavy (non-hydrogen) atoms. The van der Waals surface area contributed by atoms with Crippen LogP contribution in [0.5, 0.6) is 0 Å². The zero-order valence-corrected chi connectivity index (χ0v) is 12.1. The number of rotatable bonds is 5. The molecule has 0 radical (unpaired) electrons. The van der Waals surface area contributed by atoms with Gasteiger partial charge in [0.1, 0.15) is 5.69 Å². The number of nitrogens with one attached hydrogen (secondary N) is 2. The Balaban J connectivity index is 1.63. The van der Waals surface area contributed by atoms with Gasteiger partial charge in [0.05, 0.1) is 0 Å². The molecule has 1 aliphatic carbocycles. The Bertz CT molecular complexity index is 681. The van der Waals surface area contributed by atoms with Crippen molar-refractivity contribution in [3.63, 3.8) is 0 Å². The quantitative estimate of drug-likeness (QED) is 0.885. The Morgan fingerprint density at radius 1 is 1.09 bits per heavy atom. The first kappa shape index (κ1) is 14.3. The number of hydrogen-bond donors (Lipinski definition) is 2. The van der Waals surface area contributed by atoms with E-state index in [4.69, 9.17) is 0 Å². The van der Waals surface area contributed by atoms with E-state index in [-0.39, 0.29) is 23.6 Å². The second-order valence-electron chi connectivity index (χ2n) is 5.35. The minimum absolute atomic E-state index is 0.151. The fraction of sp³-hybridized carbons (Fsp3) is 0.235. The highest BCUT2D eigenvalue weighted by molar-refractivity contribution is 5.98. The van der Waals surface area contributed by atoms with Crippen molar-refractivity contribution in [3.05, 3.63) is 65.5 Å². The molecule has 1 aromatic heterocycles. The van der Waals surface area contributed by atoms with E-state index >= 15 is 0 Å². The molecule has 1 aromatic carbocycles. The van der Waals surface area contributed by atoms with Crippen LogP contribution >= 0.6 is 0 Å². The molecule has 0 saturated heterocycles.